The summed E-state index contributed by atoms with van der Waals surface area (Å²) in [6, 6.07) is 0. The molecular weight excluding hydrogens is 144 g/mol. The summed E-state index contributed by atoms with van der Waals surface area (Å²) >= 11 is 0. The minimum absolute atomic E-state index is 0.581. The van der Waals surface area contributed by atoms with E-state index in [0.717, 1.165) is 0 Å². The van der Waals surface area contributed by atoms with Crippen LogP contribution in [-0.2, 0) is 0 Å². The first kappa shape index (κ1) is 11.7. The van der Waals surface area contributed by atoms with Gasteiger partial charge in [0.05, 0.1) is 0 Å². The summed E-state index contributed by atoms with van der Waals surface area (Å²) < 4.78 is 0. The second-order valence-electron chi connectivity index (χ2n) is 4.14. The molecule has 0 fully saturated rings. The summed E-state index contributed by atoms with van der Waals surface area (Å²) in [5.74, 6) is 0. The van der Waals surface area contributed by atoms with E-state index >= 15 is 0 Å². The molecule has 0 bridgehead atoms. The van der Waals surface area contributed by atoms with Gasteiger partial charge in [-0.3, -0.25) is 0 Å². The maximum absolute atomic E-state index is 3.78. The summed E-state index contributed by atoms with van der Waals surface area (Å²) in [5, 5.41) is 0. The Hall–Kier alpha value is -0.260. The largest absolute Gasteiger partial charge is 0.103 e. The smallest absolute Gasteiger partial charge is 0.0323 e. The van der Waals surface area contributed by atoms with Crippen molar-refractivity contribution in [3.63, 3.8) is 0 Å². The number of allylic oxidation sites excluding steroid dienone is 1. The standard InChI is InChI=1S/C12H24/c1-5-8-11-12(4,9-6-2)10-7-3/h5H,1,6-11H2,2-4H3. The molecule has 0 aromatic carbocycles. The van der Waals surface area contributed by atoms with Gasteiger partial charge < -0.3 is 0 Å². The Kier molecular flexibility index (Phi) is 6.14. The molecule has 0 atom stereocenters. The second kappa shape index (κ2) is 6.28. The van der Waals surface area contributed by atoms with Crippen LogP contribution in [0.1, 0.15) is 59.3 Å². The molecule has 0 aliphatic rings. The van der Waals surface area contributed by atoms with E-state index in [4.69, 9.17) is 0 Å². The number of hydrogen-bond donors (Lipinski definition) is 0. The van der Waals surface area contributed by atoms with E-state index in [0.29, 0.717) is 5.41 Å². The van der Waals surface area contributed by atoms with Crippen LogP contribution in [0.4, 0.5) is 0 Å². The monoisotopic (exact) mass is 168 g/mol. The van der Waals surface area contributed by atoms with Crippen molar-refractivity contribution in [1.82, 2.24) is 0 Å². The predicted octanol–water partition coefficient (Wildman–Crippen LogP) is 4.56. The van der Waals surface area contributed by atoms with Gasteiger partial charge in [0.25, 0.3) is 0 Å². The summed E-state index contributed by atoms with van der Waals surface area (Å²) in [6.07, 6.45) is 9.91. The maximum atomic E-state index is 3.78. The van der Waals surface area contributed by atoms with Crippen molar-refractivity contribution in [1.29, 1.82) is 0 Å². The third-order valence-electron chi connectivity index (χ3n) is 2.66. The molecule has 0 aliphatic carbocycles. The van der Waals surface area contributed by atoms with Crippen LogP contribution in [0, 0.1) is 5.41 Å². The third-order valence-corrected chi connectivity index (χ3v) is 2.66. The minimum Gasteiger partial charge on any atom is -0.103 e. The Bertz CT molecular complexity index is 107. The molecule has 0 N–H and O–H groups in total. The fourth-order valence-corrected chi connectivity index (χ4v) is 2.03. The summed E-state index contributed by atoms with van der Waals surface area (Å²) in [6.45, 7) is 10.8. The van der Waals surface area contributed by atoms with Crippen LogP contribution >= 0.6 is 0 Å². The van der Waals surface area contributed by atoms with Gasteiger partial charge in [-0.25, -0.2) is 0 Å². The Morgan fingerprint density at radius 1 is 1.08 bits per heavy atom. The van der Waals surface area contributed by atoms with E-state index < -0.39 is 0 Å². The Morgan fingerprint density at radius 3 is 1.92 bits per heavy atom. The van der Waals surface area contributed by atoms with Crippen molar-refractivity contribution in [3.8, 4) is 0 Å². The zero-order chi connectivity index (χ0) is 9.45. The lowest BCUT2D eigenvalue weighted by Gasteiger charge is -2.28. The van der Waals surface area contributed by atoms with Crippen molar-refractivity contribution in [2.24, 2.45) is 5.41 Å². The zero-order valence-corrected chi connectivity index (χ0v) is 9.03. The SMILES string of the molecule is C=CCCC(C)(CCC)CCC. The summed E-state index contributed by atoms with van der Waals surface area (Å²) in [7, 11) is 0. The first-order valence-corrected chi connectivity index (χ1v) is 5.29. The molecule has 0 amide bonds. The molecule has 0 heterocycles. The molecule has 72 valence electrons. The average Bonchev–Trinajstić information content (AvgIpc) is 2.02. The van der Waals surface area contributed by atoms with Crippen molar-refractivity contribution in [2.75, 3.05) is 0 Å². The first-order valence-electron chi connectivity index (χ1n) is 5.29. The molecule has 0 saturated carbocycles. The highest BCUT2D eigenvalue weighted by Gasteiger charge is 2.20. The zero-order valence-electron chi connectivity index (χ0n) is 9.03. The molecule has 0 rings (SSSR count). The Labute approximate surface area is 78.1 Å². The van der Waals surface area contributed by atoms with E-state index in [-0.39, 0.29) is 0 Å². The lowest BCUT2D eigenvalue weighted by molar-refractivity contribution is 0.246. The molecule has 0 unspecified atom stereocenters. The van der Waals surface area contributed by atoms with Gasteiger partial charge >= 0.3 is 0 Å². The van der Waals surface area contributed by atoms with E-state index in [1.807, 2.05) is 6.08 Å². The van der Waals surface area contributed by atoms with Crippen LogP contribution in [0.2, 0.25) is 0 Å². The molecule has 0 radical (unpaired) electrons. The molecule has 0 spiro atoms. The van der Waals surface area contributed by atoms with E-state index in [1.165, 1.54) is 38.5 Å². The topological polar surface area (TPSA) is 0 Å². The van der Waals surface area contributed by atoms with Crippen LogP contribution in [-0.4, -0.2) is 0 Å². The molecule has 0 aromatic rings. The molecule has 0 aromatic heterocycles. The van der Waals surface area contributed by atoms with Gasteiger partial charge in [-0.15, -0.1) is 6.58 Å². The van der Waals surface area contributed by atoms with Crippen LogP contribution in [0.25, 0.3) is 0 Å². The maximum Gasteiger partial charge on any atom is -0.0323 e. The summed E-state index contributed by atoms with van der Waals surface area (Å²) in [5.41, 5.74) is 0.581. The van der Waals surface area contributed by atoms with Crippen molar-refractivity contribution < 1.29 is 0 Å². The van der Waals surface area contributed by atoms with Crippen molar-refractivity contribution in [3.05, 3.63) is 12.7 Å². The number of hydrogen-bond acceptors (Lipinski definition) is 0. The van der Waals surface area contributed by atoms with Crippen LogP contribution < -0.4 is 0 Å². The lowest BCUT2D eigenvalue weighted by Crippen LogP contribution is -2.15. The van der Waals surface area contributed by atoms with Crippen LogP contribution in [0.3, 0.4) is 0 Å². The van der Waals surface area contributed by atoms with Gasteiger partial charge in [0.15, 0.2) is 0 Å². The number of rotatable bonds is 7. The van der Waals surface area contributed by atoms with Gasteiger partial charge in [0.1, 0.15) is 0 Å². The van der Waals surface area contributed by atoms with Gasteiger partial charge in [-0.05, 0) is 31.1 Å². The average molecular weight is 168 g/mol. The quantitative estimate of drug-likeness (QED) is 0.489. The second-order valence-corrected chi connectivity index (χ2v) is 4.14. The molecule has 0 saturated heterocycles. The molecule has 0 aliphatic heterocycles. The molecule has 12 heavy (non-hydrogen) atoms. The molecule has 0 heteroatoms. The fourth-order valence-electron chi connectivity index (χ4n) is 2.03. The van der Waals surface area contributed by atoms with E-state index in [9.17, 15) is 0 Å². The van der Waals surface area contributed by atoms with Gasteiger partial charge in [-0.2, -0.15) is 0 Å². The highest BCUT2D eigenvalue weighted by Crippen LogP contribution is 2.34. The highest BCUT2D eigenvalue weighted by atomic mass is 14.3. The minimum atomic E-state index is 0.581. The summed E-state index contributed by atoms with van der Waals surface area (Å²) in [4.78, 5) is 0. The van der Waals surface area contributed by atoms with E-state index in [2.05, 4.69) is 27.4 Å². The van der Waals surface area contributed by atoms with Gasteiger partial charge in [-0.1, -0.05) is 39.7 Å². The lowest BCUT2D eigenvalue weighted by atomic mass is 9.77. The van der Waals surface area contributed by atoms with Crippen molar-refractivity contribution in [2.45, 2.75) is 59.3 Å². The first-order chi connectivity index (χ1) is 5.68. The molecule has 0 nitrogen and oxygen atoms in total. The van der Waals surface area contributed by atoms with Crippen LogP contribution in [0.15, 0.2) is 12.7 Å². The van der Waals surface area contributed by atoms with E-state index in [1.54, 1.807) is 0 Å². The highest BCUT2D eigenvalue weighted by molar-refractivity contribution is 4.78. The normalized spacial score (nSPS) is 11.6. The predicted molar refractivity (Wildman–Crippen MR) is 57.4 cm³/mol. The third kappa shape index (κ3) is 4.58. The van der Waals surface area contributed by atoms with Crippen LogP contribution in [0.5, 0.6) is 0 Å². The van der Waals surface area contributed by atoms with Gasteiger partial charge in [0.2, 0.25) is 0 Å². The molecular formula is C12H24. The van der Waals surface area contributed by atoms with Gasteiger partial charge in [0, 0.05) is 0 Å². The van der Waals surface area contributed by atoms with Crippen molar-refractivity contribution >= 4 is 0 Å². The Morgan fingerprint density at radius 2 is 1.58 bits per heavy atom. The Balaban J connectivity index is 3.88. The fraction of sp³-hybridized carbons (Fsp3) is 0.833.